The summed E-state index contributed by atoms with van der Waals surface area (Å²) >= 11 is 2.17. The minimum atomic E-state index is 0.354. The second-order valence-corrected chi connectivity index (χ2v) is 4.60. The summed E-state index contributed by atoms with van der Waals surface area (Å²) in [6.45, 7) is 8.74. The molecule has 0 aromatic heterocycles. The second-order valence-electron chi connectivity index (χ2n) is 3.88. The maximum absolute atomic E-state index is 4.26. The molecule has 0 bridgehead atoms. The van der Waals surface area contributed by atoms with E-state index in [0.29, 0.717) is 5.41 Å². The smallest absolute Gasteiger partial charge is 0.0327 e. The van der Waals surface area contributed by atoms with E-state index in [-0.39, 0.29) is 0 Å². The molecule has 0 aliphatic rings. The van der Waals surface area contributed by atoms with Gasteiger partial charge in [-0.2, -0.15) is 0 Å². The number of hydrogen-bond acceptors (Lipinski definition) is 1. The highest BCUT2D eigenvalue weighted by molar-refractivity contribution is 14.1. The molecule has 0 heterocycles. The molecule has 0 unspecified atom stereocenters. The van der Waals surface area contributed by atoms with Gasteiger partial charge in [0.1, 0.15) is 0 Å². The molecule has 0 aliphatic heterocycles. The lowest BCUT2D eigenvalue weighted by atomic mass is 9.90. The van der Waals surface area contributed by atoms with Crippen LogP contribution in [0.25, 0.3) is 0 Å². The zero-order valence-corrected chi connectivity index (χ0v) is 9.84. The topological polar surface area (TPSA) is 12.4 Å². The first-order valence-electron chi connectivity index (χ1n) is 3.74. The van der Waals surface area contributed by atoms with Crippen LogP contribution in [0.3, 0.4) is 0 Å². The Morgan fingerprint density at radius 3 is 2.36 bits per heavy atom. The average Bonchev–Trinajstić information content (AvgIpc) is 1.79. The van der Waals surface area contributed by atoms with E-state index in [1.165, 1.54) is 5.71 Å². The average molecular weight is 265 g/mol. The van der Waals surface area contributed by atoms with Crippen LogP contribution in [0, 0.1) is 5.41 Å². The largest absolute Gasteiger partial charge is 0.265 e. The fraction of sp³-hybridized carbons (Fsp3) is 0.667. The summed E-state index contributed by atoms with van der Waals surface area (Å²) in [5.74, 6) is 0. The highest BCUT2D eigenvalue weighted by Gasteiger charge is 2.10. The summed E-state index contributed by atoms with van der Waals surface area (Å²) in [7, 11) is 0. The van der Waals surface area contributed by atoms with Crippen molar-refractivity contribution in [2.75, 3.05) is 0 Å². The predicted octanol–water partition coefficient (Wildman–Crippen LogP) is 3.79. The van der Waals surface area contributed by atoms with Gasteiger partial charge in [-0.25, -0.2) is 0 Å². The molecule has 0 aromatic carbocycles. The number of nitrogens with zero attached hydrogens (tertiary/aromatic N) is 1. The fourth-order valence-electron chi connectivity index (χ4n) is 0.969. The van der Waals surface area contributed by atoms with Gasteiger partial charge in [0.25, 0.3) is 0 Å². The second kappa shape index (κ2) is 4.91. The van der Waals surface area contributed by atoms with Crippen molar-refractivity contribution in [3.63, 3.8) is 0 Å². The van der Waals surface area contributed by atoms with Crippen molar-refractivity contribution in [1.29, 1.82) is 0 Å². The van der Waals surface area contributed by atoms with E-state index in [2.05, 4.69) is 55.3 Å². The third-order valence-electron chi connectivity index (χ3n) is 1.14. The van der Waals surface area contributed by atoms with Gasteiger partial charge in [0.05, 0.1) is 0 Å². The van der Waals surface area contributed by atoms with Crippen molar-refractivity contribution < 1.29 is 0 Å². The van der Waals surface area contributed by atoms with Crippen molar-refractivity contribution in [3.05, 3.63) is 10.3 Å². The summed E-state index contributed by atoms with van der Waals surface area (Å²) in [6.07, 6.45) is 2.90. The van der Waals surface area contributed by atoms with E-state index in [0.717, 1.165) is 6.42 Å². The third kappa shape index (κ3) is 8.04. The maximum atomic E-state index is 4.26. The van der Waals surface area contributed by atoms with Crippen LogP contribution in [-0.4, -0.2) is 5.71 Å². The van der Waals surface area contributed by atoms with Crippen LogP contribution in [0.4, 0.5) is 0 Å². The zero-order chi connectivity index (χ0) is 8.91. The molecule has 0 saturated heterocycles. The van der Waals surface area contributed by atoms with Crippen LogP contribution in [0.2, 0.25) is 0 Å². The molecule has 1 nitrogen and oxygen atoms in total. The van der Waals surface area contributed by atoms with E-state index in [4.69, 9.17) is 0 Å². The van der Waals surface area contributed by atoms with Crippen LogP contribution in [-0.2, 0) is 0 Å². The molecule has 2 heteroatoms. The van der Waals surface area contributed by atoms with E-state index in [1.807, 2.05) is 10.3 Å². The normalized spacial score (nSPS) is 14.5. The number of rotatable bonds is 2. The Kier molecular flexibility index (Phi) is 4.97. The summed E-state index contributed by atoms with van der Waals surface area (Å²) in [5.41, 5.74) is 1.55. The van der Waals surface area contributed by atoms with Crippen molar-refractivity contribution >= 4 is 28.3 Å². The molecule has 0 amide bonds. The lowest BCUT2D eigenvalue weighted by Crippen LogP contribution is -2.09. The fourth-order valence-corrected chi connectivity index (χ4v) is 1.13. The Morgan fingerprint density at radius 1 is 1.45 bits per heavy atom. The van der Waals surface area contributed by atoms with Gasteiger partial charge in [-0.1, -0.05) is 43.4 Å². The molecule has 0 atom stereocenters. The molecule has 0 rings (SSSR count). The molecule has 0 aromatic rings. The Balaban J connectivity index is 3.96. The monoisotopic (exact) mass is 265 g/mol. The molecule has 0 saturated carbocycles. The van der Waals surface area contributed by atoms with Gasteiger partial charge in [-0.05, 0) is 22.8 Å². The highest BCUT2D eigenvalue weighted by atomic mass is 127. The standard InChI is InChI=1S/C9H16IN/c1-8(11-6-5-10)7-9(2,3)4/h5-6H,7H2,1-4H3/b6-5-,11-8?. The first-order valence-corrected chi connectivity index (χ1v) is 4.99. The summed E-state index contributed by atoms with van der Waals surface area (Å²) < 4.78 is 1.92. The van der Waals surface area contributed by atoms with E-state index in [1.54, 1.807) is 0 Å². The maximum Gasteiger partial charge on any atom is 0.0327 e. The van der Waals surface area contributed by atoms with Crippen LogP contribution < -0.4 is 0 Å². The number of hydrogen-bond donors (Lipinski definition) is 0. The molecule has 11 heavy (non-hydrogen) atoms. The van der Waals surface area contributed by atoms with Gasteiger partial charge >= 0.3 is 0 Å². The Labute approximate surface area is 83.1 Å². The molecule has 64 valence electrons. The van der Waals surface area contributed by atoms with E-state index < -0.39 is 0 Å². The SMILES string of the molecule is CC(CC(C)(C)C)=N/C=C\I. The van der Waals surface area contributed by atoms with Crippen LogP contribution in [0.1, 0.15) is 34.1 Å². The third-order valence-corrected chi connectivity index (χ3v) is 1.46. The molecular formula is C9H16IN. The lowest BCUT2D eigenvalue weighted by Gasteiger charge is -2.16. The Bertz CT molecular complexity index is 163. The van der Waals surface area contributed by atoms with Gasteiger partial charge in [-0.3, -0.25) is 4.99 Å². The number of halogens is 1. The lowest BCUT2D eigenvalue weighted by molar-refractivity contribution is 0.433. The first-order chi connectivity index (χ1) is 4.95. The molecule has 0 N–H and O–H groups in total. The van der Waals surface area contributed by atoms with Crippen LogP contribution in [0.5, 0.6) is 0 Å². The van der Waals surface area contributed by atoms with E-state index >= 15 is 0 Å². The van der Waals surface area contributed by atoms with Gasteiger partial charge in [-0.15, -0.1) is 0 Å². The molecular weight excluding hydrogens is 249 g/mol. The zero-order valence-electron chi connectivity index (χ0n) is 7.69. The summed E-state index contributed by atoms with van der Waals surface area (Å²) in [6, 6.07) is 0. The van der Waals surface area contributed by atoms with Gasteiger partial charge in [0, 0.05) is 11.9 Å². The van der Waals surface area contributed by atoms with Crippen molar-refractivity contribution in [3.8, 4) is 0 Å². The molecule has 0 fully saturated rings. The predicted molar refractivity (Wildman–Crippen MR) is 60.3 cm³/mol. The van der Waals surface area contributed by atoms with Crippen molar-refractivity contribution in [2.24, 2.45) is 10.4 Å². The van der Waals surface area contributed by atoms with Crippen molar-refractivity contribution in [1.82, 2.24) is 0 Å². The van der Waals surface area contributed by atoms with Crippen LogP contribution >= 0.6 is 22.6 Å². The minimum absolute atomic E-state index is 0.354. The van der Waals surface area contributed by atoms with Gasteiger partial charge in [0.15, 0.2) is 0 Å². The summed E-state index contributed by atoms with van der Waals surface area (Å²) in [4.78, 5) is 4.26. The quantitative estimate of drug-likeness (QED) is 0.532. The Hall–Kier alpha value is 0.140. The number of aliphatic imine (C=N–C) groups is 1. The highest BCUT2D eigenvalue weighted by Crippen LogP contribution is 2.18. The molecule has 0 spiro atoms. The first kappa shape index (κ1) is 11.1. The molecule has 0 radical (unpaired) electrons. The molecule has 0 aliphatic carbocycles. The van der Waals surface area contributed by atoms with Gasteiger partial charge < -0.3 is 0 Å². The van der Waals surface area contributed by atoms with E-state index in [9.17, 15) is 0 Å². The minimum Gasteiger partial charge on any atom is -0.265 e. The Morgan fingerprint density at radius 2 is 2.00 bits per heavy atom. The van der Waals surface area contributed by atoms with Crippen molar-refractivity contribution in [2.45, 2.75) is 34.1 Å². The van der Waals surface area contributed by atoms with Gasteiger partial charge in [0.2, 0.25) is 0 Å². The van der Waals surface area contributed by atoms with Crippen LogP contribution in [0.15, 0.2) is 15.3 Å². The summed E-state index contributed by atoms with van der Waals surface area (Å²) in [5, 5.41) is 0.